The number of anilines is 2. The van der Waals surface area contributed by atoms with Gasteiger partial charge in [-0.3, -0.25) is 4.55 Å². The molecule has 0 saturated heterocycles. The summed E-state index contributed by atoms with van der Waals surface area (Å²) in [7, 11) is -4.26. The third kappa shape index (κ3) is 2.87. The fraction of sp³-hybridized carbons (Fsp3) is 0.333. The molecule has 0 spiro atoms. The molecule has 1 heterocycles. The number of hydrogen-bond donors (Lipinski definition) is 1. The van der Waals surface area contributed by atoms with Crippen LogP contribution in [0.4, 0.5) is 11.4 Å². The molecule has 1 aliphatic heterocycles. The van der Waals surface area contributed by atoms with E-state index in [0.717, 1.165) is 24.1 Å². The summed E-state index contributed by atoms with van der Waals surface area (Å²) in [6.45, 7) is 3.82. The lowest BCUT2D eigenvalue weighted by Gasteiger charge is -2.38. The molecule has 0 saturated carbocycles. The molecule has 128 valence electrons. The maximum atomic E-state index is 12.0. The summed E-state index contributed by atoms with van der Waals surface area (Å²) < 4.78 is 39.8. The lowest BCUT2D eigenvalue weighted by molar-refractivity contribution is 0.451. The zero-order valence-electron chi connectivity index (χ0n) is 13.8. The maximum Gasteiger partial charge on any atom is 0.286 e. The highest BCUT2D eigenvalue weighted by atomic mass is 32.2. The minimum atomic E-state index is -4.26. The molecular formula is C18H21NO4S. The van der Waals surface area contributed by atoms with Crippen LogP contribution in [0.25, 0.3) is 0 Å². The number of aryl methyl sites for hydroxylation is 1. The van der Waals surface area contributed by atoms with Crippen LogP contribution in [0.1, 0.15) is 32.3 Å². The van der Waals surface area contributed by atoms with E-state index in [2.05, 4.69) is 6.92 Å². The first kappa shape index (κ1) is 16.8. The number of rotatable bonds is 5. The van der Waals surface area contributed by atoms with Crippen LogP contribution in [0.5, 0.6) is 11.5 Å². The number of benzene rings is 2. The molecule has 1 unspecified atom stereocenters. The van der Waals surface area contributed by atoms with Crippen LogP contribution >= 0.6 is 0 Å². The number of fused-ring (bicyclic) bond motifs is 2. The van der Waals surface area contributed by atoms with Crippen LogP contribution in [0.2, 0.25) is 0 Å². The summed E-state index contributed by atoms with van der Waals surface area (Å²) >= 11 is 0. The summed E-state index contributed by atoms with van der Waals surface area (Å²) in [4.78, 5) is 1.70. The Hall–Kier alpha value is -2.05. The molecule has 2 aromatic carbocycles. The van der Waals surface area contributed by atoms with Crippen molar-refractivity contribution in [2.45, 2.75) is 38.5 Å². The summed E-state index contributed by atoms with van der Waals surface area (Å²) in [6.07, 6.45) is 1.98. The largest absolute Gasteiger partial charge is 0.453 e. The number of ether oxygens (including phenoxy) is 1. The van der Waals surface area contributed by atoms with Crippen molar-refractivity contribution in [2.75, 3.05) is 4.90 Å². The van der Waals surface area contributed by atoms with Crippen molar-refractivity contribution >= 4 is 21.5 Å². The van der Waals surface area contributed by atoms with Gasteiger partial charge in [-0.15, -0.1) is 0 Å². The van der Waals surface area contributed by atoms with Gasteiger partial charge in [0.1, 0.15) is 0 Å². The van der Waals surface area contributed by atoms with Crippen LogP contribution in [-0.2, 0) is 16.5 Å². The highest BCUT2D eigenvalue weighted by Gasteiger charge is 2.36. The van der Waals surface area contributed by atoms with E-state index >= 15 is 0 Å². The number of nitrogens with zero attached hydrogens (tertiary/aromatic N) is 1. The summed E-state index contributed by atoms with van der Waals surface area (Å²) in [5.74, 6) is 1.20. The standard InChI is InChI=1S/C18H21NO4S/c1-3-8-13-9-7-12-16-18(13)19(17(4-2)24(20,21)22)14-10-5-6-11-15(14)23-16/h5-7,9-12,17H,3-4,8H2,1-2H3,(H,20,21,22). The topological polar surface area (TPSA) is 66.8 Å². The lowest BCUT2D eigenvalue weighted by Crippen LogP contribution is -2.39. The normalized spacial score (nSPS) is 14.5. The van der Waals surface area contributed by atoms with E-state index in [-0.39, 0.29) is 6.42 Å². The average Bonchev–Trinajstić information content (AvgIpc) is 2.54. The number of para-hydroxylation sites is 3. The fourth-order valence-corrected chi connectivity index (χ4v) is 4.11. The molecule has 24 heavy (non-hydrogen) atoms. The zero-order chi connectivity index (χ0) is 17.3. The zero-order valence-corrected chi connectivity index (χ0v) is 14.6. The average molecular weight is 347 g/mol. The molecule has 1 atom stereocenters. The highest BCUT2D eigenvalue weighted by Crippen LogP contribution is 2.50. The lowest BCUT2D eigenvalue weighted by atomic mass is 10.0. The van der Waals surface area contributed by atoms with Gasteiger partial charge in [0.2, 0.25) is 0 Å². The SMILES string of the molecule is CCCc1cccc2c1N(C(CC)S(=O)(=O)O)c1ccccc1O2. The number of hydrogen-bond acceptors (Lipinski definition) is 4. The molecule has 5 nitrogen and oxygen atoms in total. The summed E-state index contributed by atoms with van der Waals surface area (Å²) in [5, 5.41) is -1.06. The van der Waals surface area contributed by atoms with Crippen LogP contribution in [0.15, 0.2) is 42.5 Å². The van der Waals surface area contributed by atoms with E-state index in [1.54, 1.807) is 17.9 Å². The van der Waals surface area contributed by atoms with Gasteiger partial charge in [-0.25, -0.2) is 0 Å². The van der Waals surface area contributed by atoms with E-state index < -0.39 is 15.5 Å². The second kappa shape index (κ2) is 6.45. The van der Waals surface area contributed by atoms with Gasteiger partial charge in [-0.1, -0.05) is 44.5 Å². The minimum absolute atomic E-state index is 0.257. The smallest absolute Gasteiger partial charge is 0.286 e. The first-order chi connectivity index (χ1) is 11.5. The second-order valence-electron chi connectivity index (χ2n) is 5.83. The Labute approximate surface area is 142 Å². The van der Waals surface area contributed by atoms with Gasteiger partial charge in [0.25, 0.3) is 10.1 Å². The van der Waals surface area contributed by atoms with Gasteiger partial charge >= 0.3 is 0 Å². The first-order valence-corrected chi connectivity index (χ1v) is 9.62. The van der Waals surface area contributed by atoms with Gasteiger partial charge < -0.3 is 9.64 Å². The van der Waals surface area contributed by atoms with Crippen molar-refractivity contribution in [1.29, 1.82) is 0 Å². The molecule has 0 fully saturated rings. The van der Waals surface area contributed by atoms with E-state index in [1.165, 1.54) is 0 Å². The van der Waals surface area contributed by atoms with Crippen LogP contribution in [0, 0.1) is 0 Å². The maximum absolute atomic E-state index is 12.0. The Bertz CT molecular complexity index is 848. The van der Waals surface area contributed by atoms with E-state index in [9.17, 15) is 13.0 Å². The predicted molar refractivity (Wildman–Crippen MR) is 94.7 cm³/mol. The van der Waals surface area contributed by atoms with Crippen LogP contribution in [-0.4, -0.2) is 18.3 Å². The molecule has 0 radical (unpaired) electrons. The molecule has 1 N–H and O–H groups in total. The van der Waals surface area contributed by atoms with Crippen molar-refractivity contribution in [1.82, 2.24) is 0 Å². The highest BCUT2D eigenvalue weighted by molar-refractivity contribution is 7.86. The quantitative estimate of drug-likeness (QED) is 0.806. The molecule has 6 heteroatoms. The van der Waals surface area contributed by atoms with Gasteiger partial charge in [0.05, 0.1) is 11.4 Å². The van der Waals surface area contributed by atoms with Crippen molar-refractivity contribution in [2.24, 2.45) is 0 Å². The molecule has 3 rings (SSSR count). The molecule has 0 aliphatic carbocycles. The van der Waals surface area contributed by atoms with Gasteiger partial charge in [-0.05, 0) is 36.6 Å². The monoisotopic (exact) mass is 347 g/mol. The van der Waals surface area contributed by atoms with Gasteiger partial charge in [0, 0.05) is 0 Å². The molecular weight excluding hydrogens is 326 g/mol. The molecule has 1 aliphatic rings. The third-order valence-corrected chi connectivity index (χ3v) is 5.40. The fourth-order valence-electron chi connectivity index (χ4n) is 3.20. The summed E-state index contributed by atoms with van der Waals surface area (Å²) in [6, 6.07) is 13.0. The molecule has 0 bridgehead atoms. The van der Waals surface area contributed by atoms with Crippen molar-refractivity contribution in [3.63, 3.8) is 0 Å². The molecule has 0 amide bonds. The van der Waals surface area contributed by atoms with Gasteiger partial charge in [-0.2, -0.15) is 8.42 Å². The Kier molecular flexibility index (Phi) is 4.51. The molecule has 0 aromatic heterocycles. The van der Waals surface area contributed by atoms with Crippen molar-refractivity contribution in [3.8, 4) is 11.5 Å². The van der Waals surface area contributed by atoms with Crippen LogP contribution < -0.4 is 9.64 Å². The third-order valence-electron chi connectivity index (χ3n) is 4.17. The Balaban J connectivity index is 2.27. The Morgan fingerprint density at radius 2 is 1.79 bits per heavy atom. The van der Waals surface area contributed by atoms with E-state index in [0.29, 0.717) is 17.2 Å². The Morgan fingerprint density at radius 1 is 1.08 bits per heavy atom. The minimum Gasteiger partial charge on any atom is -0.453 e. The van der Waals surface area contributed by atoms with E-state index in [4.69, 9.17) is 4.74 Å². The van der Waals surface area contributed by atoms with Crippen molar-refractivity contribution in [3.05, 3.63) is 48.0 Å². The Morgan fingerprint density at radius 3 is 2.46 bits per heavy atom. The first-order valence-electron chi connectivity index (χ1n) is 8.11. The molecule has 2 aromatic rings. The predicted octanol–water partition coefficient (Wildman–Crippen LogP) is 4.51. The second-order valence-corrected chi connectivity index (χ2v) is 7.41. The summed E-state index contributed by atoms with van der Waals surface area (Å²) in [5.41, 5.74) is 2.38. The van der Waals surface area contributed by atoms with Crippen molar-refractivity contribution < 1.29 is 17.7 Å². The van der Waals surface area contributed by atoms with Gasteiger partial charge in [0.15, 0.2) is 16.9 Å². The van der Waals surface area contributed by atoms with E-state index in [1.807, 2.05) is 36.4 Å². The van der Waals surface area contributed by atoms with Crippen LogP contribution in [0.3, 0.4) is 0 Å².